The van der Waals surface area contributed by atoms with Gasteiger partial charge in [-0.15, -0.1) is 0 Å². The van der Waals surface area contributed by atoms with Crippen LogP contribution in [0.5, 0.6) is 0 Å². The van der Waals surface area contributed by atoms with Crippen LogP contribution in [-0.4, -0.2) is 30.7 Å². The fourth-order valence-electron chi connectivity index (χ4n) is 2.26. The Morgan fingerprint density at radius 1 is 1.04 bits per heavy atom. The normalized spacial score (nSPS) is 11.5. The van der Waals surface area contributed by atoms with Gasteiger partial charge in [0.15, 0.2) is 0 Å². The molecule has 2 N–H and O–H groups in total. The average molecular weight is 523 g/mol. The number of aromatic nitrogens is 2. The van der Waals surface area contributed by atoms with Crippen molar-refractivity contribution in [3.63, 3.8) is 0 Å². The van der Waals surface area contributed by atoms with Crippen LogP contribution in [0, 0.1) is 3.57 Å². The first-order valence-electron chi connectivity index (χ1n) is 7.45. The summed E-state index contributed by atoms with van der Waals surface area (Å²) in [5.74, 6) is 0.301. The molecule has 0 spiro atoms. The van der Waals surface area contributed by atoms with Crippen molar-refractivity contribution in [2.24, 2.45) is 0 Å². The number of fused-ring (bicyclic) bond motifs is 1. The Morgan fingerprint density at radius 3 is 2.50 bits per heavy atom. The SMILES string of the molecule is O=S(=O)(CCNc1nc(Cl)nc2ccc(Cl)cc12)Nc1ccc(I)cc1. The molecule has 136 valence electrons. The molecular weight excluding hydrogens is 510 g/mol. The van der Waals surface area contributed by atoms with Gasteiger partial charge in [-0.25, -0.2) is 18.4 Å². The van der Waals surface area contributed by atoms with Gasteiger partial charge < -0.3 is 5.32 Å². The van der Waals surface area contributed by atoms with Gasteiger partial charge in [0.05, 0.1) is 11.3 Å². The van der Waals surface area contributed by atoms with Crippen LogP contribution in [0.4, 0.5) is 11.5 Å². The molecule has 26 heavy (non-hydrogen) atoms. The Bertz CT molecular complexity index is 1050. The molecule has 0 fully saturated rings. The maximum atomic E-state index is 12.2. The van der Waals surface area contributed by atoms with Gasteiger partial charge in [0, 0.05) is 26.2 Å². The molecule has 0 atom stereocenters. The van der Waals surface area contributed by atoms with Crippen molar-refractivity contribution in [2.45, 2.75) is 0 Å². The molecule has 6 nitrogen and oxygen atoms in total. The van der Waals surface area contributed by atoms with Gasteiger partial charge >= 0.3 is 0 Å². The molecular formula is C16H13Cl2IN4O2S. The predicted molar refractivity (Wildman–Crippen MR) is 115 cm³/mol. The third kappa shape index (κ3) is 5.09. The number of sulfonamides is 1. The molecule has 1 aromatic heterocycles. The molecule has 0 unspecified atom stereocenters. The minimum absolute atomic E-state index is 0.0715. The summed E-state index contributed by atoms with van der Waals surface area (Å²) in [6, 6.07) is 12.2. The first-order chi connectivity index (χ1) is 12.3. The first-order valence-corrected chi connectivity index (χ1v) is 10.9. The van der Waals surface area contributed by atoms with Crippen molar-refractivity contribution in [3.05, 3.63) is 56.3 Å². The molecule has 0 saturated heterocycles. The van der Waals surface area contributed by atoms with E-state index >= 15 is 0 Å². The van der Waals surface area contributed by atoms with Gasteiger partial charge in [0.2, 0.25) is 15.3 Å². The highest BCUT2D eigenvalue weighted by molar-refractivity contribution is 14.1. The molecule has 10 heteroatoms. The first kappa shape index (κ1) is 19.4. The van der Waals surface area contributed by atoms with E-state index in [-0.39, 0.29) is 17.6 Å². The lowest BCUT2D eigenvalue weighted by molar-refractivity contribution is 0.601. The topological polar surface area (TPSA) is 84.0 Å². The van der Waals surface area contributed by atoms with Crippen LogP contribution in [0.1, 0.15) is 0 Å². The maximum Gasteiger partial charge on any atom is 0.234 e. The lowest BCUT2D eigenvalue weighted by Crippen LogP contribution is -2.22. The second-order valence-corrected chi connectivity index (χ2v) is 9.22. The van der Waals surface area contributed by atoms with Gasteiger partial charge in [-0.1, -0.05) is 11.6 Å². The number of halogens is 3. The van der Waals surface area contributed by atoms with E-state index in [0.717, 1.165) is 3.57 Å². The second kappa shape index (κ2) is 8.12. The van der Waals surface area contributed by atoms with Crippen molar-refractivity contribution < 1.29 is 8.42 Å². The van der Waals surface area contributed by atoms with Gasteiger partial charge in [-0.2, -0.15) is 0 Å². The van der Waals surface area contributed by atoms with Gasteiger partial charge in [0.1, 0.15) is 5.82 Å². The van der Waals surface area contributed by atoms with Crippen LogP contribution in [0.25, 0.3) is 10.9 Å². The second-order valence-electron chi connectivity index (χ2n) is 5.36. The van der Waals surface area contributed by atoms with Crippen LogP contribution in [0.2, 0.25) is 10.3 Å². The van der Waals surface area contributed by atoms with Crippen LogP contribution in [-0.2, 0) is 10.0 Å². The minimum Gasteiger partial charge on any atom is -0.368 e. The van der Waals surface area contributed by atoms with Crippen LogP contribution in [0.3, 0.4) is 0 Å². The van der Waals surface area contributed by atoms with E-state index in [1.165, 1.54) is 0 Å². The monoisotopic (exact) mass is 522 g/mol. The number of anilines is 2. The average Bonchev–Trinajstić information content (AvgIpc) is 2.57. The summed E-state index contributed by atoms with van der Waals surface area (Å²) in [7, 11) is -3.51. The number of nitrogens with one attached hydrogen (secondary N) is 2. The Hall–Kier alpha value is -1.36. The molecule has 0 aliphatic rings. The van der Waals surface area contributed by atoms with E-state index in [4.69, 9.17) is 23.2 Å². The minimum atomic E-state index is -3.51. The molecule has 0 saturated carbocycles. The summed E-state index contributed by atoms with van der Waals surface area (Å²) < 4.78 is 28.0. The van der Waals surface area contributed by atoms with E-state index < -0.39 is 10.0 Å². The zero-order chi connectivity index (χ0) is 18.7. The molecule has 3 aromatic rings. The van der Waals surface area contributed by atoms with Crippen molar-refractivity contribution >= 4 is 78.2 Å². The summed E-state index contributed by atoms with van der Waals surface area (Å²) in [6.45, 7) is 0.147. The summed E-state index contributed by atoms with van der Waals surface area (Å²) in [5.41, 5.74) is 1.14. The molecule has 0 amide bonds. The Balaban J connectivity index is 1.70. The number of benzene rings is 2. The lowest BCUT2D eigenvalue weighted by Gasteiger charge is -2.11. The summed E-state index contributed by atoms with van der Waals surface area (Å²) in [6.07, 6.45) is 0. The van der Waals surface area contributed by atoms with Gasteiger partial charge in [0.25, 0.3) is 0 Å². The van der Waals surface area contributed by atoms with Crippen molar-refractivity contribution in [1.29, 1.82) is 0 Å². The number of hydrogen-bond acceptors (Lipinski definition) is 5. The highest BCUT2D eigenvalue weighted by Gasteiger charge is 2.12. The molecule has 2 aromatic carbocycles. The summed E-state index contributed by atoms with van der Waals surface area (Å²) >= 11 is 14.1. The van der Waals surface area contributed by atoms with Crippen molar-refractivity contribution in [2.75, 3.05) is 22.3 Å². The van der Waals surface area contributed by atoms with Crippen molar-refractivity contribution in [1.82, 2.24) is 9.97 Å². The zero-order valence-corrected chi connectivity index (χ0v) is 17.7. The largest absolute Gasteiger partial charge is 0.368 e. The third-order valence-electron chi connectivity index (χ3n) is 3.41. The Morgan fingerprint density at radius 2 is 1.77 bits per heavy atom. The summed E-state index contributed by atoms with van der Waals surface area (Å²) in [4.78, 5) is 8.25. The molecule has 0 radical (unpaired) electrons. The number of rotatable bonds is 6. The highest BCUT2D eigenvalue weighted by atomic mass is 127. The molecule has 0 aliphatic heterocycles. The van der Waals surface area contributed by atoms with Crippen LogP contribution < -0.4 is 10.0 Å². The number of hydrogen-bond donors (Lipinski definition) is 2. The molecule has 0 bridgehead atoms. The predicted octanol–water partition coefficient (Wildman–Crippen LogP) is 4.40. The molecule has 3 rings (SSSR count). The smallest absolute Gasteiger partial charge is 0.234 e. The Labute approximate surface area is 174 Å². The van der Waals surface area contributed by atoms with Crippen LogP contribution in [0.15, 0.2) is 42.5 Å². The van der Waals surface area contributed by atoms with Gasteiger partial charge in [-0.05, 0) is 76.7 Å². The Kier molecular flexibility index (Phi) is 6.06. The maximum absolute atomic E-state index is 12.2. The van der Waals surface area contributed by atoms with Gasteiger partial charge in [-0.3, -0.25) is 4.72 Å². The van der Waals surface area contributed by atoms with E-state index in [1.54, 1.807) is 30.3 Å². The van der Waals surface area contributed by atoms with E-state index in [9.17, 15) is 8.42 Å². The third-order valence-corrected chi connectivity index (χ3v) is 5.82. The van der Waals surface area contributed by atoms with E-state index in [1.807, 2.05) is 12.1 Å². The van der Waals surface area contributed by atoms with Crippen molar-refractivity contribution in [3.8, 4) is 0 Å². The fraction of sp³-hybridized carbons (Fsp3) is 0.125. The summed E-state index contributed by atoms with van der Waals surface area (Å²) in [5, 5.41) is 4.26. The zero-order valence-electron chi connectivity index (χ0n) is 13.2. The van der Waals surface area contributed by atoms with Crippen LogP contribution >= 0.6 is 45.8 Å². The highest BCUT2D eigenvalue weighted by Crippen LogP contribution is 2.25. The molecule has 1 heterocycles. The van der Waals surface area contributed by atoms with E-state index in [2.05, 4.69) is 42.6 Å². The number of nitrogens with zero attached hydrogens (tertiary/aromatic N) is 2. The quantitative estimate of drug-likeness (QED) is 0.370. The standard InChI is InChI=1S/C16H13Cl2IN4O2S/c17-10-1-6-14-13(9-10)15(22-16(18)21-14)20-7-8-26(24,25)23-12-4-2-11(19)3-5-12/h1-6,9,23H,7-8H2,(H,20,21,22). The van der Waals surface area contributed by atoms with E-state index in [0.29, 0.717) is 27.4 Å². The lowest BCUT2D eigenvalue weighted by atomic mass is 10.2. The fourth-order valence-corrected chi connectivity index (χ4v) is 3.93. The molecule has 0 aliphatic carbocycles.